The van der Waals surface area contributed by atoms with Gasteiger partial charge in [0.2, 0.25) is 5.91 Å². The van der Waals surface area contributed by atoms with Gasteiger partial charge < -0.3 is 19.9 Å². The van der Waals surface area contributed by atoms with Gasteiger partial charge in [-0.15, -0.1) is 10.2 Å². The molecule has 1 unspecified atom stereocenters. The Hall–Kier alpha value is -2.75. The molecule has 0 fully saturated rings. The summed E-state index contributed by atoms with van der Waals surface area (Å²) in [5, 5.41) is 15.7. The minimum absolute atomic E-state index is 0.0545. The fourth-order valence-corrected chi connectivity index (χ4v) is 4.42. The van der Waals surface area contributed by atoms with E-state index in [1.54, 1.807) is 61.2 Å². The van der Waals surface area contributed by atoms with E-state index in [-0.39, 0.29) is 29.5 Å². The number of halogens is 2. The van der Waals surface area contributed by atoms with E-state index in [9.17, 15) is 9.59 Å². The number of benzene rings is 2. The first-order valence-corrected chi connectivity index (χ1v) is 12.1. The Morgan fingerprint density at radius 2 is 1.74 bits per heavy atom. The molecule has 3 aromatic rings. The summed E-state index contributed by atoms with van der Waals surface area (Å²) in [6, 6.07) is 11.3. The van der Waals surface area contributed by atoms with E-state index in [1.807, 2.05) is 13.8 Å². The number of anilines is 1. The summed E-state index contributed by atoms with van der Waals surface area (Å²) in [5.41, 5.74) is 1.03. The zero-order valence-corrected chi connectivity index (χ0v) is 21.5. The number of aromatic nitrogens is 3. The van der Waals surface area contributed by atoms with Gasteiger partial charge >= 0.3 is 0 Å². The third kappa shape index (κ3) is 6.65. The number of nitrogens with one attached hydrogen (secondary N) is 2. The fraction of sp³-hybridized carbons (Fsp3) is 0.304. The summed E-state index contributed by atoms with van der Waals surface area (Å²) in [5.74, 6) is 0.981. The molecule has 1 atom stereocenters. The number of ether oxygens (including phenoxy) is 1. The summed E-state index contributed by atoms with van der Waals surface area (Å²) in [6.45, 7) is 3.98. The Kier molecular flexibility index (Phi) is 8.82. The van der Waals surface area contributed by atoms with Crippen molar-refractivity contribution in [2.45, 2.75) is 25.0 Å². The van der Waals surface area contributed by atoms with Crippen LogP contribution in [0, 0.1) is 5.92 Å². The number of carbonyl (C=O) groups is 2. The molecule has 0 spiro atoms. The number of carbonyl (C=O) groups excluding carboxylic acids is 2. The number of nitrogens with zero attached hydrogens (tertiary/aromatic N) is 3. The molecule has 0 saturated heterocycles. The van der Waals surface area contributed by atoms with E-state index in [1.165, 1.54) is 11.8 Å². The van der Waals surface area contributed by atoms with Crippen molar-refractivity contribution in [1.82, 2.24) is 20.1 Å². The summed E-state index contributed by atoms with van der Waals surface area (Å²) >= 11 is 13.2. The van der Waals surface area contributed by atoms with E-state index >= 15 is 0 Å². The van der Waals surface area contributed by atoms with Crippen molar-refractivity contribution in [1.29, 1.82) is 0 Å². The maximum Gasteiger partial charge on any atom is 0.251 e. The number of hydrogen-bond acceptors (Lipinski definition) is 6. The third-order valence-corrected chi connectivity index (χ3v) is 6.39. The molecule has 0 aliphatic carbocycles. The van der Waals surface area contributed by atoms with Crippen molar-refractivity contribution >= 4 is 52.5 Å². The molecule has 8 nitrogen and oxygen atoms in total. The zero-order chi connectivity index (χ0) is 24.8. The van der Waals surface area contributed by atoms with Crippen molar-refractivity contribution in [2.24, 2.45) is 13.0 Å². The second-order valence-electron chi connectivity index (χ2n) is 7.82. The zero-order valence-electron chi connectivity index (χ0n) is 19.1. The molecule has 2 amide bonds. The van der Waals surface area contributed by atoms with E-state index in [2.05, 4.69) is 20.8 Å². The molecule has 1 aromatic heterocycles. The predicted octanol–water partition coefficient (Wildman–Crippen LogP) is 4.99. The van der Waals surface area contributed by atoms with Crippen LogP contribution in [0.25, 0.3) is 0 Å². The third-order valence-electron chi connectivity index (χ3n) is 4.93. The highest BCUT2D eigenvalue weighted by molar-refractivity contribution is 7.99. The van der Waals surface area contributed by atoms with Gasteiger partial charge in [0.25, 0.3) is 5.91 Å². The van der Waals surface area contributed by atoms with Crippen LogP contribution < -0.4 is 15.4 Å². The number of hydrogen-bond donors (Lipinski definition) is 2. The van der Waals surface area contributed by atoms with Gasteiger partial charge in [-0.3, -0.25) is 9.59 Å². The van der Waals surface area contributed by atoms with Crippen LogP contribution in [0.15, 0.2) is 47.6 Å². The summed E-state index contributed by atoms with van der Waals surface area (Å²) in [4.78, 5) is 25.2. The highest BCUT2D eigenvalue weighted by Crippen LogP contribution is 2.26. The van der Waals surface area contributed by atoms with Crippen molar-refractivity contribution in [3.05, 3.63) is 63.9 Å². The topological polar surface area (TPSA) is 98.1 Å². The quantitative estimate of drug-likeness (QED) is 0.385. The SMILES string of the molecule is COc1ccc(C(=O)NC(c2nnc(SCC(=O)Nc3cc(Cl)cc(Cl)c3)n2C)C(C)C)cc1. The van der Waals surface area contributed by atoms with Crippen molar-refractivity contribution in [3.8, 4) is 5.75 Å². The molecule has 2 N–H and O–H groups in total. The highest BCUT2D eigenvalue weighted by atomic mass is 35.5. The molecular weight excluding hydrogens is 497 g/mol. The molecule has 0 radical (unpaired) electrons. The predicted molar refractivity (Wildman–Crippen MR) is 135 cm³/mol. The largest absolute Gasteiger partial charge is 0.497 e. The molecule has 34 heavy (non-hydrogen) atoms. The summed E-state index contributed by atoms with van der Waals surface area (Å²) in [6.07, 6.45) is 0. The Bertz CT molecular complexity index is 1150. The second-order valence-corrected chi connectivity index (χ2v) is 9.63. The van der Waals surface area contributed by atoms with Gasteiger partial charge in [-0.1, -0.05) is 48.8 Å². The summed E-state index contributed by atoms with van der Waals surface area (Å²) < 4.78 is 6.93. The molecular formula is C23H25Cl2N5O3S. The smallest absolute Gasteiger partial charge is 0.251 e. The molecule has 0 aliphatic heterocycles. The van der Waals surface area contributed by atoms with Crippen LogP contribution >= 0.6 is 35.0 Å². The first-order chi connectivity index (χ1) is 16.2. The Balaban J connectivity index is 1.66. The minimum Gasteiger partial charge on any atom is -0.497 e. The molecule has 11 heteroatoms. The van der Waals surface area contributed by atoms with Gasteiger partial charge in [-0.05, 0) is 48.4 Å². The van der Waals surface area contributed by atoms with Gasteiger partial charge in [0.1, 0.15) is 5.75 Å². The van der Waals surface area contributed by atoms with Crippen LogP contribution in [0.3, 0.4) is 0 Å². The Morgan fingerprint density at radius 1 is 1.09 bits per heavy atom. The maximum absolute atomic E-state index is 12.8. The molecule has 0 aliphatic rings. The van der Waals surface area contributed by atoms with E-state index in [4.69, 9.17) is 27.9 Å². The molecule has 0 bridgehead atoms. The van der Waals surface area contributed by atoms with Crippen LogP contribution in [0.2, 0.25) is 10.0 Å². The summed E-state index contributed by atoms with van der Waals surface area (Å²) in [7, 11) is 3.38. The first kappa shape index (κ1) is 25.9. The van der Waals surface area contributed by atoms with E-state index in [0.717, 1.165) is 0 Å². The Labute approximate surface area is 212 Å². The van der Waals surface area contributed by atoms with Crippen LogP contribution in [0.5, 0.6) is 5.75 Å². The molecule has 1 heterocycles. The van der Waals surface area contributed by atoms with Crippen LogP contribution in [-0.2, 0) is 11.8 Å². The number of amides is 2. The highest BCUT2D eigenvalue weighted by Gasteiger charge is 2.25. The van der Waals surface area contributed by atoms with Gasteiger partial charge in [0.05, 0.1) is 18.9 Å². The second kappa shape index (κ2) is 11.6. The minimum atomic E-state index is -0.371. The number of thioether (sulfide) groups is 1. The van der Waals surface area contributed by atoms with E-state index < -0.39 is 0 Å². The number of rotatable bonds is 9. The number of methoxy groups -OCH3 is 1. The molecule has 180 valence electrons. The van der Waals surface area contributed by atoms with Crippen molar-refractivity contribution < 1.29 is 14.3 Å². The average Bonchev–Trinajstić information content (AvgIpc) is 3.15. The maximum atomic E-state index is 12.8. The molecule has 3 rings (SSSR count). The average molecular weight is 522 g/mol. The van der Waals surface area contributed by atoms with Crippen LogP contribution in [-0.4, -0.2) is 39.4 Å². The lowest BCUT2D eigenvalue weighted by atomic mass is 10.0. The first-order valence-electron chi connectivity index (χ1n) is 10.4. The van der Waals surface area contributed by atoms with E-state index in [0.29, 0.717) is 38.0 Å². The van der Waals surface area contributed by atoms with Gasteiger partial charge in [-0.25, -0.2) is 0 Å². The molecule has 2 aromatic carbocycles. The molecule has 0 saturated carbocycles. The lowest BCUT2D eigenvalue weighted by molar-refractivity contribution is -0.113. The van der Waals surface area contributed by atoms with Gasteiger partial charge in [0.15, 0.2) is 11.0 Å². The standard InChI is InChI=1S/C23H25Cl2N5O3S/c1-13(2)20(27-22(32)14-5-7-18(33-4)8-6-14)21-28-29-23(30(21)3)34-12-19(31)26-17-10-15(24)9-16(25)11-17/h5-11,13,20H,12H2,1-4H3,(H,26,31)(H,27,32). The van der Waals surface area contributed by atoms with Gasteiger partial charge in [-0.2, -0.15) is 0 Å². The Morgan fingerprint density at radius 3 is 2.32 bits per heavy atom. The van der Waals surface area contributed by atoms with Gasteiger partial charge in [0, 0.05) is 28.3 Å². The normalized spacial score (nSPS) is 11.9. The van der Waals surface area contributed by atoms with Crippen LogP contribution in [0.1, 0.15) is 36.1 Å². The monoisotopic (exact) mass is 521 g/mol. The van der Waals surface area contributed by atoms with Crippen LogP contribution in [0.4, 0.5) is 5.69 Å². The lowest BCUT2D eigenvalue weighted by Gasteiger charge is -2.21. The van der Waals surface area contributed by atoms with Crippen molar-refractivity contribution in [2.75, 3.05) is 18.2 Å². The fourth-order valence-electron chi connectivity index (χ4n) is 3.17. The lowest BCUT2D eigenvalue weighted by Crippen LogP contribution is -2.33. The van der Waals surface area contributed by atoms with Crippen molar-refractivity contribution in [3.63, 3.8) is 0 Å².